The lowest BCUT2D eigenvalue weighted by Crippen LogP contribution is -2.26. The Hall–Kier alpha value is -3.84. The molecule has 1 N–H and O–H groups in total. The van der Waals surface area contributed by atoms with Crippen molar-refractivity contribution in [1.82, 2.24) is 14.4 Å². The highest BCUT2D eigenvalue weighted by atomic mass is 32.1. The first-order valence-corrected chi connectivity index (χ1v) is 10.2. The highest BCUT2D eigenvalue weighted by Gasteiger charge is 2.15. The summed E-state index contributed by atoms with van der Waals surface area (Å²) >= 11 is 1.59. The Labute approximate surface area is 175 Å². The first-order chi connectivity index (χ1) is 14.6. The van der Waals surface area contributed by atoms with Crippen molar-refractivity contribution in [2.75, 3.05) is 5.32 Å². The van der Waals surface area contributed by atoms with Gasteiger partial charge in [0.25, 0.3) is 11.5 Å². The number of hydrogen-bond donors (Lipinski definition) is 1. The largest absolute Gasteiger partial charge is 0.322 e. The van der Waals surface area contributed by atoms with Gasteiger partial charge < -0.3 is 5.32 Å². The van der Waals surface area contributed by atoms with Gasteiger partial charge in [0.2, 0.25) is 0 Å². The molecule has 3 aromatic heterocycles. The molecule has 0 aliphatic rings. The number of para-hydroxylation sites is 1. The zero-order valence-electron chi connectivity index (χ0n) is 16.0. The van der Waals surface area contributed by atoms with Crippen LogP contribution < -0.4 is 10.9 Å². The van der Waals surface area contributed by atoms with E-state index in [-0.39, 0.29) is 5.56 Å². The molecule has 0 spiro atoms. The van der Waals surface area contributed by atoms with Crippen molar-refractivity contribution in [2.24, 2.45) is 0 Å². The first-order valence-electron chi connectivity index (χ1n) is 9.34. The minimum atomic E-state index is -0.496. The van der Waals surface area contributed by atoms with Gasteiger partial charge in [0.05, 0.1) is 10.2 Å². The summed E-state index contributed by atoms with van der Waals surface area (Å²) in [6.45, 7) is 1.87. The van der Waals surface area contributed by atoms with Crippen LogP contribution in [0, 0.1) is 6.92 Å². The molecule has 0 atom stereocenters. The summed E-state index contributed by atoms with van der Waals surface area (Å²) in [7, 11) is 0. The number of nitrogens with one attached hydrogen (secondary N) is 1. The molecule has 1 amide bonds. The molecule has 0 radical (unpaired) electrons. The number of hydrogen-bond acceptors (Lipinski definition) is 5. The van der Waals surface area contributed by atoms with Crippen LogP contribution in [0.25, 0.3) is 26.4 Å². The zero-order valence-corrected chi connectivity index (χ0v) is 16.8. The van der Waals surface area contributed by atoms with Crippen LogP contribution in [0.5, 0.6) is 0 Å². The molecule has 2 aromatic carbocycles. The van der Waals surface area contributed by atoms with Crippen molar-refractivity contribution >= 4 is 38.8 Å². The van der Waals surface area contributed by atoms with E-state index in [1.165, 1.54) is 10.6 Å². The van der Waals surface area contributed by atoms with Gasteiger partial charge in [-0.1, -0.05) is 30.3 Å². The lowest BCUT2D eigenvalue weighted by atomic mass is 10.2. The van der Waals surface area contributed by atoms with E-state index in [1.807, 2.05) is 55.5 Å². The fraction of sp³-hybridized carbons (Fsp3) is 0.0435. The number of nitrogens with zero attached hydrogens (tertiary/aromatic N) is 3. The van der Waals surface area contributed by atoms with E-state index >= 15 is 0 Å². The van der Waals surface area contributed by atoms with E-state index in [0.717, 1.165) is 26.4 Å². The zero-order chi connectivity index (χ0) is 20.7. The van der Waals surface area contributed by atoms with Gasteiger partial charge in [-0.05, 0) is 42.8 Å². The van der Waals surface area contributed by atoms with Crippen molar-refractivity contribution < 1.29 is 4.79 Å². The maximum Gasteiger partial charge on any atom is 0.270 e. The third kappa shape index (κ3) is 3.15. The molecule has 6 nitrogen and oxygen atoms in total. The van der Waals surface area contributed by atoms with Crippen LogP contribution in [0.1, 0.15) is 15.9 Å². The van der Waals surface area contributed by atoms with Crippen molar-refractivity contribution in [3.63, 3.8) is 0 Å². The standard InChI is InChI=1S/C23H16N4O2S/c1-14-6-5-11-27-20(14)24-13-17(23(27)29)21(28)25-16-8-4-7-15(12-16)22-26-18-9-2-3-10-19(18)30-22/h2-13H,1H3,(H,25,28). The van der Waals surface area contributed by atoms with Gasteiger partial charge in [-0.25, -0.2) is 9.97 Å². The lowest BCUT2D eigenvalue weighted by molar-refractivity contribution is 0.102. The Morgan fingerprint density at radius 2 is 1.93 bits per heavy atom. The van der Waals surface area contributed by atoms with Gasteiger partial charge in [-0.3, -0.25) is 14.0 Å². The molecular formula is C23H16N4O2S. The summed E-state index contributed by atoms with van der Waals surface area (Å²) < 4.78 is 2.49. The number of aryl methyl sites for hydroxylation is 1. The number of fused-ring (bicyclic) bond motifs is 2. The number of anilines is 1. The molecule has 0 fully saturated rings. The fourth-order valence-electron chi connectivity index (χ4n) is 3.33. The molecule has 0 saturated heterocycles. The highest BCUT2D eigenvalue weighted by molar-refractivity contribution is 7.21. The van der Waals surface area contributed by atoms with Crippen LogP contribution in [-0.2, 0) is 0 Å². The van der Waals surface area contributed by atoms with Crippen LogP contribution in [0.3, 0.4) is 0 Å². The Morgan fingerprint density at radius 1 is 1.07 bits per heavy atom. The van der Waals surface area contributed by atoms with Crippen LogP contribution in [-0.4, -0.2) is 20.3 Å². The number of pyridine rings is 1. The molecule has 0 unspecified atom stereocenters. The third-order valence-electron chi connectivity index (χ3n) is 4.83. The number of carbonyl (C=O) groups excluding carboxylic acids is 1. The van der Waals surface area contributed by atoms with E-state index in [0.29, 0.717) is 11.3 Å². The van der Waals surface area contributed by atoms with Crippen LogP contribution in [0.2, 0.25) is 0 Å². The molecule has 30 heavy (non-hydrogen) atoms. The minimum Gasteiger partial charge on any atom is -0.322 e. The second-order valence-corrected chi connectivity index (χ2v) is 7.91. The average molecular weight is 412 g/mol. The number of carbonyl (C=O) groups is 1. The fourth-order valence-corrected chi connectivity index (χ4v) is 4.29. The van der Waals surface area contributed by atoms with E-state index < -0.39 is 11.5 Å². The lowest BCUT2D eigenvalue weighted by Gasteiger charge is -2.08. The highest BCUT2D eigenvalue weighted by Crippen LogP contribution is 2.31. The Morgan fingerprint density at radius 3 is 2.80 bits per heavy atom. The molecule has 5 rings (SSSR count). The van der Waals surface area contributed by atoms with E-state index in [9.17, 15) is 9.59 Å². The Balaban J connectivity index is 1.47. The van der Waals surface area contributed by atoms with Crippen LogP contribution >= 0.6 is 11.3 Å². The number of rotatable bonds is 3. The molecule has 0 aliphatic heterocycles. The van der Waals surface area contributed by atoms with Gasteiger partial charge in [0.15, 0.2) is 0 Å². The SMILES string of the molecule is Cc1cccn2c(=O)c(C(=O)Nc3cccc(-c4nc5ccccc5s4)c3)cnc12. The molecule has 0 aliphatic carbocycles. The molecule has 3 heterocycles. The Kier molecular flexibility index (Phi) is 4.37. The van der Waals surface area contributed by atoms with Crippen molar-refractivity contribution in [2.45, 2.75) is 6.92 Å². The molecule has 0 saturated carbocycles. The van der Waals surface area contributed by atoms with E-state index in [2.05, 4.69) is 15.3 Å². The smallest absolute Gasteiger partial charge is 0.270 e. The van der Waals surface area contributed by atoms with Crippen LogP contribution in [0.4, 0.5) is 5.69 Å². The number of thiazole rings is 1. The van der Waals surface area contributed by atoms with Gasteiger partial charge in [0.1, 0.15) is 16.2 Å². The molecule has 146 valence electrons. The number of amides is 1. The normalized spacial score (nSPS) is 11.1. The summed E-state index contributed by atoms with van der Waals surface area (Å²) in [5, 5.41) is 3.68. The minimum absolute atomic E-state index is 0.0107. The molecule has 0 bridgehead atoms. The molecular weight excluding hydrogens is 396 g/mol. The number of benzene rings is 2. The summed E-state index contributed by atoms with van der Waals surface area (Å²) in [6.07, 6.45) is 2.94. The summed E-state index contributed by atoms with van der Waals surface area (Å²) in [5.74, 6) is -0.496. The maximum absolute atomic E-state index is 12.8. The Bertz CT molecular complexity index is 1450. The summed E-state index contributed by atoms with van der Waals surface area (Å²) in [5.41, 5.74) is 3.43. The molecule has 5 aromatic rings. The topological polar surface area (TPSA) is 76.4 Å². The summed E-state index contributed by atoms with van der Waals surface area (Å²) in [6, 6.07) is 19.0. The van der Waals surface area contributed by atoms with Gasteiger partial charge in [-0.15, -0.1) is 11.3 Å². The van der Waals surface area contributed by atoms with Crippen molar-refractivity contribution in [3.8, 4) is 10.6 Å². The van der Waals surface area contributed by atoms with Crippen molar-refractivity contribution in [3.05, 3.63) is 94.5 Å². The first kappa shape index (κ1) is 18.2. The quantitative estimate of drug-likeness (QED) is 0.472. The van der Waals surface area contributed by atoms with E-state index in [1.54, 1.807) is 29.7 Å². The predicted molar refractivity (Wildman–Crippen MR) is 119 cm³/mol. The van der Waals surface area contributed by atoms with Crippen LogP contribution in [0.15, 0.2) is 77.9 Å². The van der Waals surface area contributed by atoms with Gasteiger partial charge >= 0.3 is 0 Å². The second-order valence-electron chi connectivity index (χ2n) is 6.88. The maximum atomic E-state index is 12.8. The van der Waals surface area contributed by atoms with Gasteiger partial charge in [0, 0.05) is 23.6 Å². The predicted octanol–water partition coefficient (Wildman–Crippen LogP) is 4.53. The molecule has 7 heteroatoms. The second kappa shape index (κ2) is 7.20. The monoisotopic (exact) mass is 412 g/mol. The van der Waals surface area contributed by atoms with E-state index in [4.69, 9.17) is 0 Å². The third-order valence-corrected chi connectivity index (χ3v) is 5.92. The van der Waals surface area contributed by atoms with Gasteiger partial charge in [-0.2, -0.15) is 0 Å². The summed E-state index contributed by atoms with van der Waals surface area (Å²) in [4.78, 5) is 34.5. The average Bonchev–Trinajstić information content (AvgIpc) is 3.19. The van der Waals surface area contributed by atoms with Crippen molar-refractivity contribution in [1.29, 1.82) is 0 Å². The number of aromatic nitrogens is 3.